The normalized spacial score (nSPS) is 17.9. The maximum atomic E-state index is 13.1. The average molecular weight is 378 g/mol. The predicted octanol–water partition coefficient (Wildman–Crippen LogP) is 2.71. The third-order valence-electron chi connectivity index (χ3n) is 5.78. The van der Waals surface area contributed by atoms with Crippen molar-refractivity contribution in [1.29, 1.82) is 0 Å². The molecule has 4 rings (SSSR count). The molecule has 1 saturated carbocycles. The van der Waals surface area contributed by atoms with Crippen molar-refractivity contribution in [2.24, 2.45) is 5.41 Å². The van der Waals surface area contributed by atoms with Gasteiger partial charge in [-0.2, -0.15) is 0 Å². The molecular weight excluding hydrogens is 352 g/mol. The zero-order valence-corrected chi connectivity index (χ0v) is 16.2. The van der Waals surface area contributed by atoms with E-state index >= 15 is 0 Å². The van der Waals surface area contributed by atoms with Gasteiger partial charge in [-0.05, 0) is 43.0 Å². The molecule has 2 fully saturated rings. The highest BCUT2D eigenvalue weighted by atomic mass is 16.2. The predicted molar refractivity (Wildman–Crippen MR) is 109 cm³/mol. The minimum atomic E-state index is -0.881. The molecule has 0 radical (unpaired) electrons. The van der Waals surface area contributed by atoms with Gasteiger partial charge in [0.1, 0.15) is 11.2 Å². The molecule has 2 heterocycles. The van der Waals surface area contributed by atoms with Gasteiger partial charge >= 0.3 is 0 Å². The van der Waals surface area contributed by atoms with Crippen molar-refractivity contribution < 1.29 is 9.59 Å². The number of carbonyl (C=O) groups is 2. The second-order valence-electron chi connectivity index (χ2n) is 7.51. The number of anilines is 2. The quantitative estimate of drug-likeness (QED) is 0.813. The van der Waals surface area contributed by atoms with E-state index in [2.05, 4.69) is 22.1 Å². The highest BCUT2D eigenvalue weighted by Crippen LogP contribution is 2.48. The summed E-state index contributed by atoms with van der Waals surface area (Å²) >= 11 is 0. The third kappa shape index (κ3) is 3.46. The van der Waals surface area contributed by atoms with Crippen molar-refractivity contribution >= 4 is 23.3 Å². The van der Waals surface area contributed by atoms with Crippen LogP contribution in [-0.4, -0.2) is 47.9 Å². The van der Waals surface area contributed by atoms with E-state index in [1.165, 1.54) is 0 Å². The smallest absolute Gasteiger partial charge is 0.240 e. The number of rotatable bonds is 5. The summed E-state index contributed by atoms with van der Waals surface area (Å²) in [5, 5.41) is 3.01. The summed E-state index contributed by atoms with van der Waals surface area (Å²) < 4.78 is 0. The SMILES string of the molecule is CCc1ccccc1NC(=O)C1(C(=O)N2CCN(c3ccccn3)CC2)CC1. The summed E-state index contributed by atoms with van der Waals surface area (Å²) in [7, 11) is 0. The van der Waals surface area contributed by atoms with E-state index < -0.39 is 5.41 Å². The number of nitrogens with zero attached hydrogens (tertiary/aromatic N) is 3. The number of pyridine rings is 1. The molecule has 0 bridgehead atoms. The van der Waals surface area contributed by atoms with Gasteiger partial charge in [0.2, 0.25) is 11.8 Å². The summed E-state index contributed by atoms with van der Waals surface area (Å²) in [5.74, 6) is 0.745. The number of aryl methyl sites for hydroxylation is 1. The lowest BCUT2D eigenvalue weighted by atomic mass is 10.0. The van der Waals surface area contributed by atoms with E-state index in [1.807, 2.05) is 47.4 Å². The molecule has 1 aliphatic carbocycles. The van der Waals surface area contributed by atoms with E-state index in [-0.39, 0.29) is 11.8 Å². The molecule has 0 unspecified atom stereocenters. The van der Waals surface area contributed by atoms with E-state index in [1.54, 1.807) is 6.20 Å². The van der Waals surface area contributed by atoms with Gasteiger partial charge in [-0.25, -0.2) is 4.98 Å². The molecule has 6 nitrogen and oxygen atoms in total. The largest absolute Gasteiger partial charge is 0.353 e. The van der Waals surface area contributed by atoms with Gasteiger partial charge in [0.15, 0.2) is 0 Å². The minimum absolute atomic E-state index is 0.0281. The van der Waals surface area contributed by atoms with Crippen LogP contribution in [0.5, 0.6) is 0 Å². The number of hydrogen-bond donors (Lipinski definition) is 1. The van der Waals surface area contributed by atoms with Gasteiger partial charge in [0.05, 0.1) is 0 Å². The molecule has 28 heavy (non-hydrogen) atoms. The van der Waals surface area contributed by atoms with Crippen LogP contribution in [0.3, 0.4) is 0 Å². The summed E-state index contributed by atoms with van der Waals surface area (Å²) in [6.45, 7) is 4.77. The molecule has 2 aromatic rings. The Bertz CT molecular complexity index is 856. The van der Waals surface area contributed by atoms with Gasteiger partial charge in [-0.1, -0.05) is 31.2 Å². The average Bonchev–Trinajstić information content (AvgIpc) is 3.56. The molecule has 1 N–H and O–H groups in total. The Morgan fingerprint density at radius 2 is 1.75 bits per heavy atom. The summed E-state index contributed by atoms with van der Waals surface area (Å²) in [6, 6.07) is 13.6. The van der Waals surface area contributed by atoms with Crippen LogP contribution in [0.4, 0.5) is 11.5 Å². The standard InChI is InChI=1S/C22H26N4O2/c1-2-17-7-3-4-8-18(17)24-20(27)22(10-11-22)21(28)26-15-13-25(14-16-26)19-9-5-6-12-23-19/h3-9,12H,2,10-11,13-16H2,1H3,(H,24,27). The zero-order valence-electron chi connectivity index (χ0n) is 16.2. The van der Waals surface area contributed by atoms with Crippen molar-refractivity contribution in [1.82, 2.24) is 9.88 Å². The first kappa shape index (κ1) is 18.5. The van der Waals surface area contributed by atoms with Crippen LogP contribution in [-0.2, 0) is 16.0 Å². The number of amides is 2. The maximum absolute atomic E-state index is 13.1. The van der Waals surface area contributed by atoms with E-state index in [4.69, 9.17) is 0 Å². The molecule has 1 aliphatic heterocycles. The Morgan fingerprint density at radius 1 is 1.04 bits per heavy atom. The van der Waals surface area contributed by atoms with Crippen molar-refractivity contribution in [2.45, 2.75) is 26.2 Å². The van der Waals surface area contributed by atoms with Crippen LogP contribution in [0, 0.1) is 5.41 Å². The monoisotopic (exact) mass is 378 g/mol. The van der Waals surface area contributed by atoms with Crippen LogP contribution < -0.4 is 10.2 Å². The van der Waals surface area contributed by atoms with Crippen LogP contribution in [0.2, 0.25) is 0 Å². The van der Waals surface area contributed by atoms with Crippen molar-refractivity contribution in [2.75, 3.05) is 36.4 Å². The van der Waals surface area contributed by atoms with Crippen LogP contribution in [0.15, 0.2) is 48.7 Å². The Hall–Kier alpha value is -2.89. The first-order valence-corrected chi connectivity index (χ1v) is 9.99. The lowest BCUT2D eigenvalue weighted by Crippen LogP contribution is -2.52. The lowest BCUT2D eigenvalue weighted by Gasteiger charge is -2.37. The van der Waals surface area contributed by atoms with Crippen LogP contribution in [0.1, 0.15) is 25.3 Å². The maximum Gasteiger partial charge on any atom is 0.240 e. The van der Waals surface area contributed by atoms with Gasteiger partial charge in [-0.15, -0.1) is 0 Å². The molecule has 0 atom stereocenters. The topological polar surface area (TPSA) is 65.5 Å². The first-order valence-electron chi connectivity index (χ1n) is 9.99. The van der Waals surface area contributed by atoms with Crippen molar-refractivity contribution in [3.8, 4) is 0 Å². The third-order valence-corrected chi connectivity index (χ3v) is 5.78. The van der Waals surface area contributed by atoms with E-state index in [0.717, 1.165) is 36.6 Å². The number of nitrogens with one attached hydrogen (secondary N) is 1. The molecular formula is C22H26N4O2. The molecule has 1 saturated heterocycles. The first-order chi connectivity index (χ1) is 13.6. The number of piperazine rings is 1. The number of para-hydroxylation sites is 1. The van der Waals surface area contributed by atoms with E-state index in [0.29, 0.717) is 25.9 Å². The number of carbonyl (C=O) groups excluding carboxylic acids is 2. The molecule has 0 spiro atoms. The summed E-state index contributed by atoms with van der Waals surface area (Å²) in [6.07, 6.45) is 3.89. The fourth-order valence-electron chi connectivity index (χ4n) is 3.84. The minimum Gasteiger partial charge on any atom is -0.353 e. The van der Waals surface area contributed by atoms with Gasteiger partial charge in [0, 0.05) is 38.1 Å². The highest BCUT2D eigenvalue weighted by molar-refractivity contribution is 6.13. The molecule has 2 amide bonds. The van der Waals surface area contributed by atoms with E-state index in [9.17, 15) is 9.59 Å². The summed E-state index contributed by atoms with van der Waals surface area (Å²) in [5.41, 5.74) is 1.02. The number of aromatic nitrogens is 1. The van der Waals surface area contributed by atoms with Gasteiger partial charge in [-0.3, -0.25) is 9.59 Å². The Balaban J connectivity index is 1.40. The fraction of sp³-hybridized carbons (Fsp3) is 0.409. The Morgan fingerprint density at radius 3 is 2.39 bits per heavy atom. The Labute approximate surface area is 165 Å². The molecule has 146 valence electrons. The fourth-order valence-corrected chi connectivity index (χ4v) is 3.84. The van der Waals surface area contributed by atoms with Crippen molar-refractivity contribution in [3.63, 3.8) is 0 Å². The highest BCUT2D eigenvalue weighted by Gasteiger charge is 2.58. The van der Waals surface area contributed by atoms with Crippen LogP contribution in [0.25, 0.3) is 0 Å². The second kappa shape index (κ2) is 7.62. The van der Waals surface area contributed by atoms with Crippen molar-refractivity contribution in [3.05, 3.63) is 54.2 Å². The Kier molecular flexibility index (Phi) is 5.03. The zero-order chi connectivity index (χ0) is 19.6. The number of hydrogen-bond acceptors (Lipinski definition) is 4. The number of benzene rings is 1. The lowest BCUT2D eigenvalue weighted by molar-refractivity contribution is -0.142. The molecule has 1 aromatic heterocycles. The van der Waals surface area contributed by atoms with Gasteiger partial charge < -0.3 is 15.1 Å². The van der Waals surface area contributed by atoms with Crippen LogP contribution >= 0.6 is 0 Å². The van der Waals surface area contributed by atoms with Gasteiger partial charge in [0.25, 0.3) is 0 Å². The second-order valence-corrected chi connectivity index (χ2v) is 7.51. The molecule has 6 heteroatoms. The molecule has 2 aliphatic rings. The summed E-state index contributed by atoms with van der Waals surface area (Å²) in [4.78, 5) is 34.5. The molecule has 1 aromatic carbocycles.